The maximum atomic E-state index is 12.1. The van der Waals surface area contributed by atoms with Gasteiger partial charge >= 0.3 is 0 Å². The van der Waals surface area contributed by atoms with Crippen LogP contribution in [0.1, 0.15) is 18.7 Å². The average Bonchev–Trinajstić information content (AvgIpc) is 2.77. The molecular formula is C11H20N2O2S3. The Hall–Kier alpha value is -0.0800. The van der Waals surface area contributed by atoms with Crippen LogP contribution in [0.2, 0.25) is 0 Å². The summed E-state index contributed by atoms with van der Waals surface area (Å²) in [6.07, 6.45) is 2.69. The SMILES string of the molecule is CSC(C)(C)CNS(=O)(=O)c1ccc(CCN)s1. The maximum absolute atomic E-state index is 12.1. The zero-order valence-electron chi connectivity index (χ0n) is 10.9. The van der Waals surface area contributed by atoms with Gasteiger partial charge in [0.05, 0.1) is 0 Å². The normalized spacial score (nSPS) is 12.9. The Morgan fingerprint density at radius 1 is 1.44 bits per heavy atom. The third kappa shape index (κ3) is 4.55. The number of nitrogens with one attached hydrogen (secondary N) is 1. The number of thioether (sulfide) groups is 1. The van der Waals surface area contributed by atoms with Gasteiger partial charge in [-0.1, -0.05) is 0 Å². The molecule has 0 amide bonds. The molecule has 0 saturated carbocycles. The minimum Gasteiger partial charge on any atom is -0.330 e. The van der Waals surface area contributed by atoms with Gasteiger partial charge in [0.25, 0.3) is 0 Å². The highest BCUT2D eigenvalue weighted by Gasteiger charge is 2.22. The lowest BCUT2D eigenvalue weighted by molar-refractivity contribution is 0.573. The molecule has 4 nitrogen and oxygen atoms in total. The first-order chi connectivity index (χ1) is 8.30. The molecule has 0 unspecified atom stereocenters. The Morgan fingerprint density at radius 3 is 2.67 bits per heavy atom. The van der Waals surface area contributed by atoms with Crippen molar-refractivity contribution in [2.45, 2.75) is 29.2 Å². The van der Waals surface area contributed by atoms with Gasteiger partial charge in [-0.15, -0.1) is 11.3 Å². The van der Waals surface area contributed by atoms with Crippen molar-refractivity contribution < 1.29 is 8.42 Å². The molecular weight excluding hydrogens is 288 g/mol. The van der Waals surface area contributed by atoms with Crippen LogP contribution in [0.3, 0.4) is 0 Å². The minimum absolute atomic E-state index is 0.107. The highest BCUT2D eigenvalue weighted by molar-refractivity contribution is 8.00. The Labute approximate surface area is 117 Å². The van der Waals surface area contributed by atoms with Crippen molar-refractivity contribution in [1.29, 1.82) is 0 Å². The van der Waals surface area contributed by atoms with Gasteiger partial charge in [-0.25, -0.2) is 13.1 Å². The predicted molar refractivity (Wildman–Crippen MR) is 79.9 cm³/mol. The zero-order chi connectivity index (χ0) is 13.8. The van der Waals surface area contributed by atoms with E-state index < -0.39 is 10.0 Å². The van der Waals surface area contributed by atoms with E-state index >= 15 is 0 Å². The summed E-state index contributed by atoms with van der Waals surface area (Å²) in [6.45, 7) is 4.97. The number of rotatable bonds is 7. The molecule has 0 bridgehead atoms. The molecule has 0 saturated heterocycles. The van der Waals surface area contributed by atoms with Crippen LogP contribution >= 0.6 is 23.1 Å². The molecule has 1 rings (SSSR count). The molecule has 18 heavy (non-hydrogen) atoms. The van der Waals surface area contributed by atoms with E-state index in [1.54, 1.807) is 17.8 Å². The van der Waals surface area contributed by atoms with Gasteiger partial charge in [0.2, 0.25) is 10.0 Å². The van der Waals surface area contributed by atoms with Crippen LogP contribution in [-0.2, 0) is 16.4 Å². The van der Waals surface area contributed by atoms with Gasteiger partial charge in [-0.2, -0.15) is 11.8 Å². The number of hydrogen-bond donors (Lipinski definition) is 2. The topological polar surface area (TPSA) is 72.2 Å². The quantitative estimate of drug-likeness (QED) is 0.804. The number of thiophene rings is 1. The summed E-state index contributed by atoms with van der Waals surface area (Å²) in [5, 5.41) is 0. The lowest BCUT2D eigenvalue weighted by atomic mass is 10.2. The average molecular weight is 308 g/mol. The van der Waals surface area contributed by atoms with E-state index in [2.05, 4.69) is 4.72 Å². The molecule has 0 aromatic carbocycles. The van der Waals surface area contributed by atoms with E-state index in [-0.39, 0.29) is 4.75 Å². The Morgan fingerprint density at radius 2 is 2.11 bits per heavy atom. The summed E-state index contributed by atoms with van der Waals surface area (Å²) in [7, 11) is -3.39. The first-order valence-corrected chi connectivity index (χ1v) is 9.17. The summed E-state index contributed by atoms with van der Waals surface area (Å²) in [5.74, 6) is 0. The number of hydrogen-bond acceptors (Lipinski definition) is 5. The standard InChI is InChI=1S/C11H20N2O2S3/c1-11(2,16-3)8-13-18(14,15)10-5-4-9(17-10)6-7-12/h4-5,13H,6-8,12H2,1-3H3. The van der Waals surface area contributed by atoms with E-state index in [0.717, 1.165) is 11.3 Å². The highest BCUT2D eigenvalue weighted by Crippen LogP contribution is 2.24. The fraction of sp³-hybridized carbons (Fsp3) is 0.636. The highest BCUT2D eigenvalue weighted by atomic mass is 32.2. The van der Waals surface area contributed by atoms with Crippen molar-refractivity contribution in [3.05, 3.63) is 17.0 Å². The molecule has 0 aliphatic carbocycles. The van der Waals surface area contributed by atoms with Gasteiger partial charge in [0.15, 0.2) is 0 Å². The van der Waals surface area contributed by atoms with Crippen molar-refractivity contribution >= 4 is 33.1 Å². The molecule has 0 fully saturated rings. The fourth-order valence-electron chi connectivity index (χ4n) is 1.19. The van der Waals surface area contributed by atoms with Gasteiger partial charge in [0.1, 0.15) is 4.21 Å². The minimum atomic E-state index is -3.39. The number of nitrogens with two attached hydrogens (primary N) is 1. The van der Waals surface area contributed by atoms with Crippen LogP contribution in [0.5, 0.6) is 0 Å². The summed E-state index contributed by atoms with van der Waals surface area (Å²) in [4.78, 5) is 1.00. The summed E-state index contributed by atoms with van der Waals surface area (Å²) in [6, 6.07) is 3.47. The molecule has 1 aromatic heterocycles. The first-order valence-electron chi connectivity index (χ1n) is 5.64. The van der Waals surface area contributed by atoms with Crippen LogP contribution in [0.4, 0.5) is 0 Å². The van der Waals surface area contributed by atoms with Crippen molar-refractivity contribution in [1.82, 2.24) is 4.72 Å². The van der Waals surface area contributed by atoms with Gasteiger partial charge in [-0.3, -0.25) is 0 Å². The molecule has 0 aliphatic heterocycles. The van der Waals surface area contributed by atoms with Crippen molar-refractivity contribution in [3.8, 4) is 0 Å². The largest absolute Gasteiger partial charge is 0.330 e. The molecule has 0 aliphatic rings. The van der Waals surface area contributed by atoms with Crippen molar-refractivity contribution in [3.63, 3.8) is 0 Å². The second-order valence-electron chi connectivity index (χ2n) is 4.55. The predicted octanol–water partition coefficient (Wildman–Crippen LogP) is 1.67. The maximum Gasteiger partial charge on any atom is 0.250 e. The van der Waals surface area contributed by atoms with Crippen molar-refractivity contribution in [2.24, 2.45) is 5.73 Å². The summed E-state index contributed by atoms with van der Waals surface area (Å²) >= 11 is 2.92. The molecule has 7 heteroatoms. The fourth-order valence-corrected chi connectivity index (χ4v) is 4.13. The van der Waals surface area contributed by atoms with Crippen LogP contribution in [0.15, 0.2) is 16.3 Å². The third-order valence-corrected chi connectivity index (χ3v) is 6.82. The van der Waals surface area contributed by atoms with Gasteiger partial charge < -0.3 is 5.73 Å². The lowest BCUT2D eigenvalue weighted by Crippen LogP contribution is -2.35. The molecule has 1 heterocycles. The molecule has 104 valence electrons. The molecule has 0 spiro atoms. The lowest BCUT2D eigenvalue weighted by Gasteiger charge is -2.21. The van der Waals surface area contributed by atoms with Crippen LogP contribution in [0, 0.1) is 0 Å². The zero-order valence-corrected chi connectivity index (χ0v) is 13.3. The third-order valence-electron chi connectivity index (χ3n) is 2.53. The Bertz CT molecular complexity index is 480. The monoisotopic (exact) mass is 308 g/mol. The molecule has 1 aromatic rings. The molecule has 0 atom stereocenters. The van der Waals surface area contributed by atoms with Crippen LogP contribution in [-0.4, -0.2) is 32.5 Å². The van der Waals surface area contributed by atoms with Crippen molar-refractivity contribution in [2.75, 3.05) is 19.3 Å². The van der Waals surface area contributed by atoms with Gasteiger partial charge in [0, 0.05) is 16.2 Å². The Balaban J connectivity index is 2.74. The summed E-state index contributed by atoms with van der Waals surface area (Å²) in [5.41, 5.74) is 5.45. The van der Waals surface area contributed by atoms with Crippen LogP contribution < -0.4 is 10.5 Å². The summed E-state index contributed by atoms with van der Waals surface area (Å²) < 4.78 is 27.1. The van der Waals surface area contributed by atoms with Gasteiger partial charge in [-0.05, 0) is 45.2 Å². The smallest absolute Gasteiger partial charge is 0.250 e. The van der Waals surface area contributed by atoms with Crippen LogP contribution in [0.25, 0.3) is 0 Å². The second-order valence-corrected chi connectivity index (χ2v) is 9.22. The van der Waals surface area contributed by atoms with E-state index in [9.17, 15) is 8.42 Å². The van der Waals surface area contributed by atoms with E-state index in [1.807, 2.05) is 26.2 Å². The molecule has 0 radical (unpaired) electrons. The van der Waals surface area contributed by atoms with E-state index in [4.69, 9.17) is 5.73 Å². The number of sulfonamides is 1. The van der Waals surface area contributed by atoms with E-state index in [1.165, 1.54) is 11.3 Å². The first kappa shape index (κ1) is 16.0. The molecule has 3 N–H and O–H groups in total. The second kappa shape index (κ2) is 6.38. The van der Waals surface area contributed by atoms with E-state index in [0.29, 0.717) is 17.3 Å². The Kier molecular flexibility index (Phi) is 5.67.